The molecule has 4 aromatic rings. The van der Waals surface area contributed by atoms with Gasteiger partial charge >= 0.3 is 0 Å². The van der Waals surface area contributed by atoms with Crippen molar-refractivity contribution in [1.29, 1.82) is 0 Å². The van der Waals surface area contributed by atoms with Gasteiger partial charge in [0.15, 0.2) is 0 Å². The highest BCUT2D eigenvalue weighted by Crippen LogP contribution is 2.24. The molecule has 0 bridgehead atoms. The molecular weight excluding hydrogens is 361 g/mol. The summed E-state index contributed by atoms with van der Waals surface area (Å²) < 4.78 is 13.1. The summed E-state index contributed by atoms with van der Waals surface area (Å²) in [6.45, 7) is 4.77. The summed E-state index contributed by atoms with van der Waals surface area (Å²) in [7, 11) is 0. The third-order valence-corrected chi connectivity index (χ3v) is 5.17. The Bertz CT molecular complexity index is 1030. The van der Waals surface area contributed by atoms with E-state index >= 15 is 0 Å². The Kier molecular flexibility index (Phi) is 4.77. The Hall–Kier alpha value is -2.93. The first-order valence-electron chi connectivity index (χ1n) is 8.67. The first-order chi connectivity index (χ1) is 13.1. The Morgan fingerprint density at radius 3 is 2.41 bits per heavy atom. The lowest BCUT2D eigenvalue weighted by atomic mass is 10.0. The number of benzene rings is 2. The number of nitrogens with zero attached hydrogens (tertiary/aromatic N) is 5. The molecule has 0 amide bonds. The molecule has 0 saturated carbocycles. The van der Waals surface area contributed by atoms with Gasteiger partial charge in [0.1, 0.15) is 17.4 Å². The fourth-order valence-corrected chi connectivity index (χ4v) is 3.51. The lowest BCUT2D eigenvalue weighted by Gasteiger charge is -2.04. The van der Waals surface area contributed by atoms with Gasteiger partial charge in [-0.25, -0.2) is 9.37 Å². The second-order valence-electron chi connectivity index (χ2n) is 6.57. The number of hydrogen-bond donors (Lipinski definition) is 0. The molecule has 0 unspecified atom stereocenters. The number of thiazole rings is 1. The van der Waals surface area contributed by atoms with Crippen molar-refractivity contribution >= 4 is 11.3 Å². The van der Waals surface area contributed by atoms with E-state index in [2.05, 4.69) is 46.4 Å². The fraction of sp³-hybridized carbons (Fsp3) is 0.200. The first-order valence-corrected chi connectivity index (χ1v) is 9.55. The first kappa shape index (κ1) is 17.5. The maximum atomic E-state index is 13.1. The summed E-state index contributed by atoms with van der Waals surface area (Å²) in [6.07, 6.45) is 0. The van der Waals surface area contributed by atoms with Gasteiger partial charge in [0.25, 0.3) is 0 Å². The van der Waals surface area contributed by atoms with E-state index in [4.69, 9.17) is 0 Å². The SMILES string of the molecule is CC(C)c1ccc(-c2nnn(Cc3csc(-c4ccc(F)cc4)n3)n2)cc1. The standard InChI is InChI=1S/C20H18FN5S/c1-13(2)14-3-5-15(6-4-14)19-23-25-26(24-19)11-18-12-27-20(22-18)16-7-9-17(21)10-8-16/h3-10,12-13H,11H2,1-2H3. The summed E-state index contributed by atoms with van der Waals surface area (Å²) in [6, 6.07) is 14.6. The van der Waals surface area contributed by atoms with Crippen molar-refractivity contribution < 1.29 is 4.39 Å². The minimum Gasteiger partial charge on any atom is -0.239 e. The molecule has 0 aliphatic heterocycles. The minimum absolute atomic E-state index is 0.253. The van der Waals surface area contributed by atoms with Crippen molar-refractivity contribution in [1.82, 2.24) is 25.2 Å². The normalized spacial score (nSPS) is 11.3. The zero-order chi connectivity index (χ0) is 18.8. The third-order valence-electron chi connectivity index (χ3n) is 4.23. The molecular formula is C20H18FN5S. The second kappa shape index (κ2) is 7.36. The quantitative estimate of drug-likeness (QED) is 0.501. The van der Waals surface area contributed by atoms with E-state index in [9.17, 15) is 4.39 Å². The van der Waals surface area contributed by atoms with Gasteiger partial charge in [0, 0.05) is 16.5 Å². The summed E-state index contributed by atoms with van der Waals surface area (Å²) in [4.78, 5) is 6.12. The maximum Gasteiger partial charge on any atom is 0.204 e. The van der Waals surface area contributed by atoms with Crippen LogP contribution in [-0.2, 0) is 6.54 Å². The zero-order valence-electron chi connectivity index (χ0n) is 15.0. The highest BCUT2D eigenvalue weighted by atomic mass is 32.1. The maximum absolute atomic E-state index is 13.1. The van der Waals surface area contributed by atoms with E-state index in [1.165, 1.54) is 33.8 Å². The van der Waals surface area contributed by atoms with Crippen LogP contribution in [0.5, 0.6) is 0 Å². The van der Waals surface area contributed by atoms with Crippen molar-refractivity contribution in [3.05, 3.63) is 71.0 Å². The average molecular weight is 379 g/mol. The monoisotopic (exact) mass is 379 g/mol. The molecule has 0 spiro atoms. The van der Waals surface area contributed by atoms with E-state index in [-0.39, 0.29) is 5.82 Å². The lowest BCUT2D eigenvalue weighted by molar-refractivity contribution is 0.566. The summed E-state index contributed by atoms with van der Waals surface area (Å²) in [5, 5.41) is 15.5. The van der Waals surface area contributed by atoms with Gasteiger partial charge in [0.2, 0.25) is 5.82 Å². The van der Waals surface area contributed by atoms with Crippen LogP contribution < -0.4 is 0 Å². The van der Waals surface area contributed by atoms with Crippen molar-refractivity contribution in [3.8, 4) is 22.0 Å². The molecule has 4 rings (SSSR count). The van der Waals surface area contributed by atoms with Crippen LogP contribution in [0.15, 0.2) is 53.9 Å². The minimum atomic E-state index is -0.253. The Morgan fingerprint density at radius 1 is 1.00 bits per heavy atom. The number of hydrogen-bond acceptors (Lipinski definition) is 5. The topological polar surface area (TPSA) is 56.5 Å². The number of halogens is 1. The second-order valence-corrected chi connectivity index (χ2v) is 7.43. The van der Waals surface area contributed by atoms with Crippen LogP contribution in [0.3, 0.4) is 0 Å². The van der Waals surface area contributed by atoms with Crippen LogP contribution in [-0.4, -0.2) is 25.2 Å². The average Bonchev–Trinajstić information content (AvgIpc) is 3.33. The molecule has 0 fully saturated rings. The van der Waals surface area contributed by atoms with Crippen molar-refractivity contribution in [3.63, 3.8) is 0 Å². The molecule has 0 aliphatic rings. The molecule has 2 aromatic carbocycles. The van der Waals surface area contributed by atoms with E-state index in [0.717, 1.165) is 21.8 Å². The van der Waals surface area contributed by atoms with E-state index < -0.39 is 0 Å². The Morgan fingerprint density at radius 2 is 1.70 bits per heavy atom. The zero-order valence-corrected chi connectivity index (χ0v) is 15.8. The van der Waals surface area contributed by atoms with Crippen molar-refractivity contribution in [2.24, 2.45) is 0 Å². The number of rotatable bonds is 5. The number of tetrazole rings is 1. The van der Waals surface area contributed by atoms with Gasteiger partial charge in [-0.15, -0.1) is 21.5 Å². The van der Waals surface area contributed by atoms with E-state index in [0.29, 0.717) is 18.3 Å². The highest BCUT2D eigenvalue weighted by Gasteiger charge is 2.10. The molecule has 27 heavy (non-hydrogen) atoms. The third kappa shape index (κ3) is 3.93. The molecule has 0 saturated heterocycles. The van der Waals surface area contributed by atoms with Crippen molar-refractivity contribution in [2.75, 3.05) is 0 Å². The van der Waals surface area contributed by atoms with Crippen LogP contribution in [0.4, 0.5) is 4.39 Å². The van der Waals surface area contributed by atoms with Gasteiger partial charge < -0.3 is 0 Å². The number of aromatic nitrogens is 5. The van der Waals surface area contributed by atoms with Gasteiger partial charge in [-0.3, -0.25) is 0 Å². The lowest BCUT2D eigenvalue weighted by Crippen LogP contribution is -2.04. The summed E-state index contributed by atoms with van der Waals surface area (Å²) >= 11 is 1.51. The predicted octanol–water partition coefficient (Wildman–Crippen LogP) is 4.77. The molecule has 7 heteroatoms. The van der Waals surface area contributed by atoms with E-state index in [1.54, 1.807) is 12.1 Å². The fourth-order valence-electron chi connectivity index (χ4n) is 2.69. The van der Waals surface area contributed by atoms with Gasteiger partial charge in [0.05, 0.1) is 5.69 Å². The van der Waals surface area contributed by atoms with Crippen LogP contribution in [0.25, 0.3) is 22.0 Å². The largest absolute Gasteiger partial charge is 0.239 e. The van der Waals surface area contributed by atoms with Gasteiger partial charge in [-0.05, 0) is 41.0 Å². The van der Waals surface area contributed by atoms with Crippen LogP contribution in [0.1, 0.15) is 31.0 Å². The molecule has 5 nitrogen and oxygen atoms in total. The Labute approximate surface area is 160 Å². The molecule has 0 aliphatic carbocycles. The highest BCUT2D eigenvalue weighted by molar-refractivity contribution is 7.13. The molecule has 2 heterocycles. The van der Waals surface area contributed by atoms with E-state index in [1.807, 2.05) is 17.5 Å². The smallest absolute Gasteiger partial charge is 0.204 e. The predicted molar refractivity (Wildman–Crippen MR) is 104 cm³/mol. The Balaban J connectivity index is 1.49. The molecule has 0 N–H and O–H groups in total. The van der Waals surface area contributed by atoms with Crippen LogP contribution in [0, 0.1) is 5.82 Å². The van der Waals surface area contributed by atoms with Gasteiger partial charge in [-0.1, -0.05) is 38.1 Å². The van der Waals surface area contributed by atoms with Crippen LogP contribution >= 0.6 is 11.3 Å². The summed E-state index contributed by atoms with van der Waals surface area (Å²) in [5.41, 5.74) is 3.96. The molecule has 2 aromatic heterocycles. The molecule has 0 radical (unpaired) electrons. The van der Waals surface area contributed by atoms with Crippen LogP contribution in [0.2, 0.25) is 0 Å². The molecule has 0 atom stereocenters. The van der Waals surface area contributed by atoms with Gasteiger partial charge in [-0.2, -0.15) is 4.80 Å². The molecule has 136 valence electrons. The van der Waals surface area contributed by atoms with Crippen molar-refractivity contribution in [2.45, 2.75) is 26.3 Å². The summed E-state index contributed by atoms with van der Waals surface area (Å²) in [5.74, 6) is 0.832.